The molecule has 1 aromatic rings. The fourth-order valence-corrected chi connectivity index (χ4v) is 3.31. The molecule has 0 radical (unpaired) electrons. The van der Waals surface area contributed by atoms with Crippen molar-refractivity contribution < 1.29 is 13.2 Å². The molecule has 1 fully saturated rings. The smallest absolute Gasteiger partial charge is 0.228 e. The van der Waals surface area contributed by atoms with Crippen LogP contribution in [0.4, 0.5) is 5.95 Å². The summed E-state index contributed by atoms with van der Waals surface area (Å²) in [5.74, 6) is -0.0399. The van der Waals surface area contributed by atoms with E-state index in [0.717, 1.165) is 0 Å². The van der Waals surface area contributed by atoms with Crippen molar-refractivity contribution in [1.29, 1.82) is 0 Å². The number of hydrogen-bond acceptors (Lipinski definition) is 6. The van der Waals surface area contributed by atoms with E-state index in [1.54, 1.807) is 32.6 Å². The first kappa shape index (κ1) is 16.6. The molecular weight excluding hydrogens is 306 g/mol. The van der Waals surface area contributed by atoms with Crippen molar-refractivity contribution in [3.05, 3.63) is 18.5 Å². The lowest BCUT2D eigenvalue weighted by atomic mass is 10.1. The molecule has 22 heavy (non-hydrogen) atoms. The van der Waals surface area contributed by atoms with Gasteiger partial charge in [0.25, 0.3) is 0 Å². The zero-order valence-corrected chi connectivity index (χ0v) is 13.8. The van der Waals surface area contributed by atoms with Crippen molar-refractivity contribution in [1.82, 2.24) is 19.2 Å². The Morgan fingerprint density at radius 1 is 1.23 bits per heavy atom. The quantitative estimate of drug-likeness (QED) is 0.727. The fraction of sp³-hybridized carbons (Fsp3) is 0.615. The highest BCUT2D eigenvalue weighted by atomic mass is 32.2. The third-order valence-electron chi connectivity index (χ3n) is 3.58. The molecule has 2 rings (SSSR count). The number of carbonyl (C=O) groups excluding carboxylic acids is 1. The summed E-state index contributed by atoms with van der Waals surface area (Å²) in [5.41, 5.74) is 0. The summed E-state index contributed by atoms with van der Waals surface area (Å²) in [7, 11) is -0.0158. The minimum absolute atomic E-state index is 0.100. The van der Waals surface area contributed by atoms with Crippen LogP contribution < -0.4 is 4.90 Å². The molecule has 1 aromatic heterocycles. The average molecular weight is 327 g/mol. The van der Waals surface area contributed by atoms with Crippen molar-refractivity contribution in [3.8, 4) is 0 Å². The van der Waals surface area contributed by atoms with Crippen molar-refractivity contribution in [2.24, 2.45) is 5.92 Å². The molecule has 0 unspecified atom stereocenters. The molecule has 0 spiro atoms. The Labute approximate surface area is 130 Å². The number of amides is 1. The van der Waals surface area contributed by atoms with Gasteiger partial charge in [-0.05, 0) is 6.07 Å². The summed E-state index contributed by atoms with van der Waals surface area (Å²) >= 11 is 0. The Hall–Kier alpha value is -1.74. The van der Waals surface area contributed by atoms with Gasteiger partial charge in [-0.1, -0.05) is 0 Å². The Kier molecular flexibility index (Phi) is 4.97. The number of aromatic nitrogens is 2. The topological polar surface area (TPSA) is 86.7 Å². The third-order valence-corrected chi connectivity index (χ3v) is 4.85. The Morgan fingerprint density at radius 2 is 1.86 bits per heavy atom. The van der Waals surface area contributed by atoms with Gasteiger partial charge in [0.05, 0.1) is 12.2 Å². The lowest BCUT2D eigenvalue weighted by Gasteiger charge is -2.25. The number of nitrogens with zero attached hydrogens (tertiary/aromatic N) is 5. The van der Waals surface area contributed by atoms with E-state index in [4.69, 9.17) is 0 Å². The molecule has 1 atom stereocenters. The van der Waals surface area contributed by atoms with E-state index in [2.05, 4.69) is 9.97 Å². The van der Waals surface area contributed by atoms with Gasteiger partial charge in [0.15, 0.2) is 0 Å². The van der Waals surface area contributed by atoms with Crippen molar-refractivity contribution in [3.63, 3.8) is 0 Å². The van der Waals surface area contributed by atoms with Crippen molar-refractivity contribution in [2.75, 3.05) is 51.4 Å². The standard InChI is InChI=1S/C13H21N5O3S/c1-16(2)12(19)11-9-17(13-14-5-4-6-15-13)7-8-18(10-11)22(3,20)21/h4-6,11H,7-10H2,1-3H3/t11-/m1/s1. The number of rotatable bonds is 3. The van der Waals surface area contributed by atoms with Crippen LogP contribution in [0.1, 0.15) is 0 Å². The molecule has 1 aliphatic rings. The molecule has 0 saturated carbocycles. The molecule has 8 nitrogen and oxygen atoms in total. The van der Waals surface area contributed by atoms with Crippen LogP contribution in [0.25, 0.3) is 0 Å². The second-order valence-corrected chi connectivity index (χ2v) is 7.53. The highest BCUT2D eigenvalue weighted by Crippen LogP contribution is 2.17. The number of anilines is 1. The molecule has 9 heteroatoms. The minimum Gasteiger partial charge on any atom is -0.348 e. The summed E-state index contributed by atoms with van der Waals surface area (Å²) in [6.07, 6.45) is 4.42. The highest BCUT2D eigenvalue weighted by molar-refractivity contribution is 7.88. The summed E-state index contributed by atoms with van der Waals surface area (Å²) in [6, 6.07) is 1.71. The molecule has 0 aliphatic carbocycles. The predicted molar refractivity (Wildman–Crippen MR) is 82.8 cm³/mol. The summed E-state index contributed by atoms with van der Waals surface area (Å²) in [4.78, 5) is 24.1. The van der Waals surface area contributed by atoms with Gasteiger partial charge in [-0.3, -0.25) is 4.79 Å². The van der Waals surface area contributed by atoms with E-state index < -0.39 is 15.9 Å². The molecule has 122 valence electrons. The van der Waals surface area contributed by atoms with Crippen LogP contribution in [0, 0.1) is 5.92 Å². The first-order valence-corrected chi connectivity index (χ1v) is 8.82. The average Bonchev–Trinajstić information content (AvgIpc) is 2.70. The minimum atomic E-state index is -3.35. The first-order chi connectivity index (χ1) is 10.3. The Bertz CT molecular complexity index is 620. The maximum Gasteiger partial charge on any atom is 0.228 e. The van der Waals surface area contributed by atoms with Crippen molar-refractivity contribution in [2.45, 2.75) is 0 Å². The highest BCUT2D eigenvalue weighted by Gasteiger charge is 2.33. The maximum atomic E-state index is 12.3. The van der Waals surface area contributed by atoms with Crippen LogP contribution >= 0.6 is 0 Å². The summed E-state index contributed by atoms with van der Waals surface area (Å²) in [5, 5.41) is 0. The van der Waals surface area contributed by atoms with Gasteiger partial charge in [0.1, 0.15) is 0 Å². The maximum absolute atomic E-state index is 12.3. The van der Waals surface area contributed by atoms with Crippen LogP contribution in [0.5, 0.6) is 0 Å². The van der Waals surface area contributed by atoms with Crippen LogP contribution in [-0.4, -0.2) is 80.0 Å². The number of hydrogen-bond donors (Lipinski definition) is 0. The van der Waals surface area contributed by atoms with Gasteiger partial charge < -0.3 is 9.80 Å². The molecule has 1 saturated heterocycles. The SMILES string of the molecule is CN(C)C(=O)[C@@H]1CN(c2ncccn2)CCN(S(C)(=O)=O)C1. The Morgan fingerprint density at radius 3 is 2.41 bits per heavy atom. The largest absolute Gasteiger partial charge is 0.348 e. The molecule has 1 amide bonds. The van der Waals surface area contributed by atoms with Crippen LogP contribution in [0.15, 0.2) is 18.5 Å². The second kappa shape index (κ2) is 6.57. The van der Waals surface area contributed by atoms with Gasteiger partial charge in [-0.2, -0.15) is 4.31 Å². The lowest BCUT2D eigenvalue weighted by Crippen LogP contribution is -2.42. The van der Waals surface area contributed by atoms with E-state index in [1.807, 2.05) is 4.90 Å². The van der Waals surface area contributed by atoms with Gasteiger partial charge in [0.2, 0.25) is 21.9 Å². The normalized spacial score (nSPS) is 20.5. The zero-order valence-electron chi connectivity index (χ0n) is 13.0. The summed E-state index contributed by atoms with van der Waals surface area (Å²) in [6.45, 7) is 1.34. The van der Waals surface area contributed by atoms with Gasteiger partial charge in [-0.25, -0.2) is 18.4 Å². The van der Waals surface area contributed by atoms with Crippen LogP contribution in [0.2, 0.25) is 0 Å². The lowest BCUT2D eigenvalue weighted by molar-refractivity contribution is -0.132. The van der Waals surface area contributed by atoms with E-state index in [9.17, 15) is 13.2 Å². The second-order valence-electron chi connectivity index (χ2n) is 5.55. The van der Waals surface area contributed by atoms with E-state index in [-0.39, 0.29) is 12.5 Å². The van der Waals surface area contributed by atoms with E-state index >= 15 is 0 Å². The molecule has 0 aromatic carbocycles. The molecule has 1 aliphatic heterocycles. The third kappa shape index (κ3) is 3.92. The van der Waals surface area contributed by atoms with Gasteiger partial charge in [-0.15, -0.1) is 0 Å². The summed E-state index contributed by atoms with van der Waals surface area (Å²) < 4.78 is 25.1. The van der Waals surface area contributed by atoms with Gasteiger partial charge in [0, 0.05) is 52.7 Å². The van der Waals surface area contributed by atoms with E-state index in [1.165, 1.54) is 15.5 Å². The molecule has 0 N–H and O–H groups in total. The number of sulfonamides is 1. The molecule has 0 bridgehead atoms. The van der Waals surface area contributed by atoms with Crippen molar-refractivity contribution >= 4 is 21.9 Å². The van der Waals surface area contributed by atoms with Crippen LogP contribution in [-0.2, 0) is 14.8 Å². The van der Waals surface area contributed by atoms with Gasteiger partial charge >= 0.3 is 0 Å². The Balaban J connectivity index is 2.28. The van der Waals surface area contributed by atoms with E-state index in [0.29, 0.717) is 25.6 Å². The monoisotopic (exact) mass is 327 g/mol. The fourth-order valence-electron chi connectivity index (χ4n) is 2.44. The molecular formula is C13H21N5O3S. The predicted octanol–water partition coefficient (Wildman–Crippen LogP) is -0.737. The first-order valence-electron chi connectivity index (χ1n) is 6.97. The molecule has 2 heterocycles. The van der Waals surface area contributed by atoms with Crippen LogP contribution in [0.3, 0.4) is 0 Å². The zero-order chi connectivity index (χ0) is 16.3. The number of carbonyl (C=O) groups is 1.